The second kappa shape index (κ2) is 9.77. The molecule has 2 nitrogen and oxygen atoms in total. The maximum absolute atomic E-state index is 6.35. The van der Waals surface area contributed by atoms with Crippen molar-refractivity contribution < 1.29 is 4.74 Å². The SMILES string of the molecule is CCCCCCCCCC1CNCC(CC)(CC)O1. The molecule has 1 atom stereocenters. The van der Waals surface area contributed by atoms with E-state index >= 15 is 0 Å². The minimum absolute atomic E-state index is 0.115. The summed E-state index contributed by atoms with van der Waals surface area (Å²) in [6, 6.07) is 0. The van der Waals surface area contributed by atoms with E-state index in [1.807, 2.05) is 0 Å². The first-order chi connectivity index (χ1) is 9.26. The third-order valence-electron chi connectivity index (χ3n) is 4.65. The molecule has 1 saturated heterocycles. The van der Waals surface area contributed by atoms with Crippen molar-refractivity contribution in [1.82, 2.24) is 5.32 Å². The van der Waals surface area contributed by atoms with Gasteiger partial charge in [-0.2, -0.15) is 0 Å². The van der Waals surface area contributed by atoms with E-state index in [2.05, 4.69) is 26.1 Å². The van der Waals surface area contributed by atoms with Gasteiger partial charge in [-0.1, -0.05) is 65.7 Å². The van der Waals surface area contributed by atoms with Crippen LogP contribution in [0.15, 0.2) is 0 Å². The summed E-state index contributed by atoms with van der Waals surface area (Å²) in [5.74, 6) is 0. The van der Waals surface area contributed by atoms with Crippen molar-refractivity contribution in [2.75, 3.05) is 13.1 Å². The zero-order valence-corrected chi connectivity index (χ0v) is 13.5. The maximum atomic E-state index is 6.35. The van der Waals surface area contributed by atoms with Gasteiger partial charge in [0.2, 0.25) is 0 Å². The zero-order chi connectivity index (χ0) is 14.0. The molecule has 1 aliphatic rings. The standard InChI is InChI=1S/C17H35NO/c1-4-7-8-9-10-11-12-13-16-14-18-15-17(5-2,6-3)19-16/h16,18H,4-15H2,1-3H3. The number of morpholine rings is 1. The predicted molar refractivity (Wildman–Crippen MR) is 83.7 cm³/mol. The average Bonchev–Trinajstić information content (AvgIpc) is 2.46. The van der Waals surface area contributed by atoms with Gasteiger partial charge >= 0.3 is 0 Å². The molecule has 1 unspecified atom stereocenters. The van der Waals surface area contributed by atoms with Crippen molar-refractivity contribution in [3.8, 4) is 0 Å². The quantitative estimate of drug-likeness (QED) is 0.582. The Labute approximate surface area is 120 Å². The van der Waals surface area contributed by atoms with Crippen LogP contribution in [0, 0.1) is 0 Å². The molecule has 1 aliphatic heterocycles. The van der Waals surface area contributed by atoms with Gasteiger partial charge in [0.15, 0.2) is 0 Å². The highest BCUT2D eigenvalue weighted by Crippen LogP contribution is 2.26. The number of hydrogen-bond acceptors (Lipinski definition) is 2. The lowest BCUT2D eigenvalue weighted by Gasteiger charge is -2.41. The fourth-order valence-corrected chi connectivity index (χ4v) is 3.05. The summed E-state index contributed by atoms with van der Waals surface area (Å²) < 4.78 is 6.35. The number of rotatable bonds is 10. The molecule has 1 N–H and O–H groups in total. The molecule has 0 spiro atoms. The van der Waals surface area contributed by atoms with Crippen LogP contribution in [-0.2, 0) is 4.74 Å². The van der Waals surface area contributed by atoms with E-state index in [0.717, 1.165) is 25.9 Å². The van der Waals surface area contributed by atoms with Gasteiger partial charge in [0.25, 0.3) is 0 Å². The highest BCUT2D eigenvalue weighted by Gasteiger charge is 2.33. The lowest BCUT2D eigenvalue weighted by molar-refractivity contribution is -0.122. The fourth-order valence-electron chi connectivity index (χ4n) is 3.05. The fraction of sp³-hybridized carbons (Fsp3) is 1.00. The maximum Gasteiger partial charge on any atom is 0.0805 e. The van der Waals surface area contributed by atoms with Gasteiger partial charge in [-0.3, -0.25) is 0 Å². The van der Waals surface area contributed by atoms with Gasteiger partial charge in [0.1, 0.15) is 0 Å². The molecule has 0 aromatic heterocycles. The Morgan fingerprint density at radius 3 is 2.21 bits per heavy atom. The molecule has 1 heterocycles. The van der Waals surface area contributed by atoms with Crippen LogP contribution in [0.25, 0.3) is 0 Å². The van der Waals surface area contributed by atoms with E-state index in [1.54, 1.807) is 0 Å². The summed E-state index contributed by atoms with van der Waals surface area (Å²) in [5, 5.41) is 3.57. The molecule has 1 fully saturated rings. The van der Waals surface area contributed by atoms with Gasteiger partial charge < -0.3 is 10.1 Å². The summed E-state index contributed by atoms with van der Waals surface area (Å²) in [5.41, 5.74) is 0.115. The number of hydrogen-bond donors (Lipinski definition) is 1. The smallest absolute Gasteiger partial charge is 0.0805 e. The first-order valence-corrected chi connectivity index (χ1v) is 8.65. The molecule has 0 radical (unpaired) electrons. The van der Waals surface area contributed by atoms with E-state index < -0.39 is 0 Å². The summed E-state index contributed by atoms with van der Waals surface area (Å²) >= 11 is 0. The van der Waals surface area contributed by atoms with Gasteiger partial charge in [-0.15, -0.1) is 0 Å². The van der Waals surface area contributed by atoms with Crippen LogP contribution in [0.4, 0.5) is 0 Å². The number of nitrogens with one attached hydrogen (secondary N) is 1. The van der Waals surface area contributed by atoms with Crippen LogP contribution in [0.1, 0.15) is 85.0 Å². The molecule has 0 aliphatic carbocycles. The van der Waals surface area contributed by atoms with Crippen molar-refractivity contribution in [2.24, 2.45) is 0 Å². The van der Waals surface area contributed by atoms with Gasteiger partial charge in [0, 0.05) is 13.1 Å². The molecule has 0 aromatic carbocycles. The molecule has 0 bridgehead atoms. The largest absolute Gasteiger partial charge is 0.369 e. The Morgan fingerprint density at radius 2 is 1.58 bits per heavy atom. The van der Waals surface area contributed by atoms with Gasteiger partial charge in [-0.05, 0) is 19.3 Å². The van der Waals surface area contributed by atoms with Crippen molar-refractivity contribution in [3.05, 3.63) is 0 Å². The Morgan fingerprint density at radius 1 is 0.947 bits per heavy atom. The van der Waals surface area contributed by atoms with E-state index in [4.69, 9.17) is 4.74 Å². The van der Waals surface area contributed by atoms with Crippen LogP contribution < -0.4 is 5.32 Å². The molecule has 19 heavy (non-hydrogen) atoms. The second-order valence-electron chi connectivity index (χ2n) is 6.17. The molecular formula is C17H35NO. The summed E-state index contributed by atoms with van der Waals surface area (Å²) in [4.78, 5) is 0. The lowest BCUT2D eigenvalue weighted by atomic mass is 9.94. The molecule has 114 valence electrons. The number of ether oxygens (including phenoxy) is 1. The third kappa shape index (κ3) is 6.27. The van der Waals surface area contributed by atoms with Crippen LogP contribution in [0.2, 0.25) is 0 Å². The zero-order valence-electron chi connectivity index (χ0n) is 13.5. The van der Waals surface area contributed by atoms with Crippen LogP contribution in [0.3, 0.4) is 0 Å². The van der Waals surface area contributed by atoms with Gasteiger partial charge in [-0.25, -0.2) is 0 Å². The minimum Gasteiger partial charge on any atom is -0.369 e. The van der Waals surface area contributed by atoms with E-state index in [-0.39, 0.29) is 5.60 Å². The first kappa shape index (κ1) is 17.0. The van der Waals surface area contributed by atoms with Crippen LogP contribution in [0.5, 0.6) is 0 Å². The third-order valence-corrected chi connectivity index (χ3v) is 4.65. The monoisotopic (exact) mass is 269 g/mol. The van der Waals surface area contributed by atoms with E-state index in [1.165, 1.54) is 51.4 Å². The molecular weight excluding hydrogens is 234 g/mol. The number of unbranched alkanes of at least 4 members (excludes halogenated alkanes) is 6. The Kier molecular flexibility index (Phi) is 8.72. The molecule has 2 heteroatoms. The minimum atomic E-state index is 0.115. The highest BCUT2D eigenvalue weighted by molar-refractivity contribution is 4.87. The average molecular weight is 269 g/mol. The van der Waals surface area contributed by atoms with Crippen LogP contribution in [-0.4, -0.2) is 24.8 Å². The highest BCUT2D eigenvalue weighted by atomic mass is 16.5. The van der Waals surface area contributed by atoms with Crippen LogP contribution >= 0.6 is 0 Å². The molecule has 0 aromatic rings. The molecule has 0 amide bonds. The van der Waals surface area contributed by atoms with Crippen molar-refractivity contribution in [1.29, 1.82) is 0 Å². The second-order valence-corrected chi connectivity index (χ2v) is 6.17. The topological polar surface area (TPSA) is 21.3 Å². The first-order valence-electron chi connectivity index (χ1n) is 8.65. The summed E-state index contributed by atoms with van der Waals surface area (Å²) in [7, 11) is 0. The normalized spacial score (nSPS) is 22.6. The van der Waals surface area contributed by atoms with E-state index in [0.29, 0.717) is 6.10 Å². The van der Waals surface area contributed by atoms with Crippen molar-refractivity contribution in [3.63, 3.8) is 0 Å². The van der Waals surface area contributed by atoms with Crippen molar-refractivity contribution >= 4 is 0 Å². The van der Waals surface area contributed by atoms with E-state index in [9.17, 15) is 0 Å². The predicted octanol–water partition coefficient (Wildman–Crippen LogP) is 4.67. The Balaban J connectivity index is 2.09. The molecule has 0 saturated carbocycles. The van der Waals surface area contributed by atoms with Crippen molar-refractivity contribution in [2.45, 2.75) is 96.7 Å². The summed E-state index contributed by atoms with van der Waals surface area (Å²) in [6.07, 6.45) is 13.7. The summed E-state index contributed by atoms with van der Waals surface area (Å²) in [6.45, 7) is 8.87. The lowest BCUT2D eigenvalue weighted by Crippen LogP contribution is -2.53. The van der Waals surface area contributed by atoms with Gasteiger partial charge in [0.05, 0.1) is 11.7 Å². The Bertz CT molecular complexity index is 213. The Hall–Kier alpha value is -0.0800. The molecule has 1 rings (SSSR count).